The second-order valence-corrected chi connectivity index (χ2v) is 7.39. The third-order valence-electron chi connectivity index (χ3n) is 3.67. The largest absolute Gasteiger partial charge is 0.368 e. The van der Waals surface area contributed by atoms with Gasteiger partial charge >= 0.3 is 0 Å². The molecule has 3 aromatic heterocycles. The van der Waals surface area contributed by atoms with Gasteiger partial charge in [-0.15, -0.1) is 11.3 Å². The number of nitrogens with one attached hydrogen (secondary N) is 1. The van der Waals surface area contributed by atoms with E-state index in [4.69, 9.17) is 15.7 Å². The van der Waals surface area contributed by atoms with Crippen molar-refractivity contribution in [1.82, 2.24) is 15.0 Å². The number of anilines is 1. The normalized spacial score (nSPS) is 12.7. The number of pyridine rings is 1. The molecule has 126 valence electrons. The summed E-state index contributed by atoms with van der Waals surface area (Å²) < 4.78 is 0. The van der Waals surface area contributed by atoms with Crippen LogP contribution in [0.4, 0.5) is 5.82 Å². The lowest BCUT2D eigenvalue weighted by molar-refractivity contribution is 0.651. The first-order chi connectivity index (χ1) is 11.5. The van der Waals surface area contributed by atoms with Crippen molar-refractivity contribution in [2.45, 2.75) is 33.2 Å². The quantitative estimate of drug-likeness (QED) is 0.715. The van der Waals surface area contributed by atoms with Gasteiger partial charge in [0.15, 0.2) is 5.82 Å². The molecule has 0 saturated carbocycles. The lowest BCUT2D eigenvalue weighted by Crippen LogP contribution is -2.25. The maximum Gasteiger partial charge on any atom is 0.163 e. The van der Waals surface area contributed by atoms with Crippen molar-refractivity contribution in [3.63, 3.8) is 0 Å². The summed E-state index contributed by atoms with van der Waals surface area (Å²) in [6, 6.07) is 3.92. The molecule has 0 spiro atoms. The molecule has 0 aliphatic carbocycles. The number of nitrogens with zero attached hydrogens (tertiary/aromatic N) is 3. The van der Waals surface area contributed by atoms with Crippen molar-refractivity contribution in [1.29, 1.82) is 0 Å². The van der Waals surface area contributed by atoms with Crippen molar-refractivity contribution in [3.05, 3.63) is 35.5 Å². The van der Waals surface area contributed by atoms with E-state index in [-0.39, 0.29) is 6.04 Å². The van der Waals surface area contributed by atoms with Crippen LogP contribution in [0.1, 0.15) is 26.3 Å². The molecule has 0 aliphatic rings. The molecule has 1 atom stereocenters. The number of nitrogens with two attached hydrogens (primary N) is 1. The van der Waals surface area contributed by atoms with E-state index in [1.165, 1.54) is 5.56 Å². The zero-order valence-electron chi connectivity index (χ0n) is 14.3. The van der Waals surface area contributed by atoms with Crippen LogP contribution in [0.15, 0.2) is 29.9 Å². The zero-order chi connectivity index (χ0) is 17.1. The Morgan fingerprint density at radius 2 is 1.92 bits per heavy atom. The molecule has 5 nitrogen and oxygen atoms in total. The third kappa shape index (κ3) is 3.71. The number of hydrogen-bond donors (Lipinski definition) is 2. The first-order valence-corrected chi connectivity index (χ1v) is 9.10. The van der Waals surface area contributed by atoms with E-state index in [0.717, 1.165) is 33.8 Å². The summed E-state index contributed by atoms with van der Waals surface area (Å²) in [5, 5.41) is 6.74. The van der Waals surface area contributed by atoms with Crippen LogP contribution in [0, 0.1) is 5.92 Å². The molecule has 24 heavy (non-hydrogen) atoms. The summed E-state index contributed by atoms with van der Waals surface area (Å²) >= 11 is 1.68. The molecular formula is C18H23N5S. The zero-order valence-corrected chi connectivity index (χ0v) is 15.1. The molecule has 0 aromatic carbocycles. The molecule has 0 saturated heterocycles. The predicted octanol–water partition coefficient (Wildman–Crippen LogP) is 3.71. The second kappa shape index (κ2) is 7.23. The Balaban J connectivity index is 2.10. The van der Waals surface area contributed by atoms with Gasteiger partial charge in [0.05, 0.1) is 5.39 Å². The molecule has 0 fully saturated rings. The van der Waals surface area contributed by atoms with Crippen molar-refractivity contribution in [2.75, 3.05) is 11.9 Å². The highest BCUT2D eigenvalue weighted by Crippen LogP contribution is 2.33. The van der Waals surface area contributed by atoms with Crippen molar-refractivity contribution in [2.24, 2.45) is 11.7 Å². The van der Waals surface area contributed by atoms with E-state index < -0.39 is 0 Å². The summed E-state index contributed by atoms with van der Waals surface area (Å²) in [5.74, 6) is 2.18. The maximum atomic E-state index is 5.92. The summed E-state index contributed by atoms with van der Waals surface area (Å²) in [6.45, 7) is 7.12. The Labute approximate surface area is 146 Å². The fourth-order valence-electron chi connectivity index (χ4n) is 2.61. The van der Waals surface area contributed by atoms with E-state index >= 15 is 0 Å². The molecule has 0 unspecified atom stereocenters. The van der Waals surface area contributed by atoms with Crippen LogP contribution in [0.5, 0.6) is 0 Å². The van der Waals surface area contributed by atoms with Crippen molar-refractivity contribution >= 4 is 27.4 Å². The molecule has 0 amide bonds. The number of thiophene rings is 1. The van der Waals surface area contributed by atoms with E-state index in [1.807, 2.05) is 19.1 Å². The van der Waals surface area contributed by atoms with Crippen LogP contribution in [0.3, 0.4) is 0 Å². The number of aromatic nitrogens is 3. The number of hydrogen-bond acceptors (Lipinski definition) is 6. The van der Waals surface area contributed by atoms with Gasteiger partial charge in [0.2, 0.25) is 0 Å². The highest BCUT2D eigenvalue weighted by Gasteiger charge is 2.16. The van der Waals surface area contributed by atoms with E-state index in [0.29, 0.717) is 12.5 Å². The highest BCUT2D eigenvalue weighted by molar-refractivity contribution is 7.17. The standard InChI is InChI=1S/C18H23N5S/c1-11(2)8-14-10-24-18-15(14)17(21-9-12(3)19)22-16(23-18)13-4-6-20-7-5-13/h4-7,10-12H,8-9,19H2,1-3H3,(H,21,22,23)/t12-/m0/s1. The fraction of sp³-hybridized carbons (Fsp3) is 0.389. The number of rotatable bonds is 6. The van der Waals surface area contributed by atoms with Crippen LogP contribution in [-0.4, -0.2) is 27.5 Å². The smallest absolute Gasteiger partial charge is 0.163 e. The molecule has 3 N–H and O–H groups in total. The van der Waals surface area contributed by atoms with Gasteiger partial charge in [-0.3, -0.25) is 4.98 Å². The van der Waals surface area contributed by atoms with Crippen LogP contribution in [-0.2, 0) is 6.42 Å². The Kier molecular flexibility index (Phi) is 5.06. The van der Waals surface area contributed by atoms with Crippen LogP contribution < -0.4 is 11.1 Å². The molecular weight excluding hydrogens is 318 g/mol. The van der Waals surface area contributed by atoms with Crippen molar-refractivity contribution < 1.29 is 0 Å². The molecule has 3 aromatic rings. The van der Waals surface area contributed by atoms with Gasteiger partial charge in [-0.2, -0.15) is 0 Å². The van der Waals surface area contributed by atoms with Crippen LogP contribution in [0.2, 0.25) is 0 Å². The Morgan fingerprint density at radius 3 is 2.58 bits per heavy atom. The van der Waals surface area contributed by atoms with Gasteiger partial charge in [-0.05, 0) is 42.3 Å². The minimum atomic E-state index is 0.0616. The Bertz CT molecular complexity index is 811. The maximum absolute atomic E-state index is 5.92. The lowest BCUT2D eigenvalue weighted by atomic mass is 10.0. The van der Waals surface area contributed by atoms with Crippen molar-refractivity contribution in [3.8, 4) is 11.4 Å². The van der Waals surface area contributed by atoms with Gasteiger partial charge in [0.25, 0.3) is 0 Å². The predicted molar refractivity (Wildman–Crippen MR) is 101 cm³/mol. The van der Waals surface area contributed by atoms with Gasteiger partial charge in [-0.1, -0.05) is 13.8 Å². The molecule has 0 radical (unpaired) electrons. The summed E-state index contributed by atoms with van der Waals surface area (Å²) in [6.07, 6.45) is 4.54. The summed E-state index contributed by atoms with van der Waals surface area (Å²) in [5.41, 5.74) is 8.19. The van der Waals surface area contributed by atoms with Crippen LogP contribution >= 0.6 is 11.3 Å². The average Bonchev–Trinajstić information content (AvgIpc) is 2.95. The summed E-state index contributed by atoms with van der Waals surface area (Å²) in [4.78, 5) is 14.6. The molecule has 0 aliphatic heterocycles. The first kappa shape index (κ1) is 16.8. The highest BCUT2D eigenvalue weighted by atomic mass is 32.1. The van der Waals surface area contributed by atoms with Gasteiger partial charge in [-0.25, -0.2) is 9.97 Å². The number of fused-ring (bicyclic) bond motifs is 1. The second-order valence-electron chi connectivity index (χ2n) is 6.53. The van der Waals surface area contributed by atoms with Crippen LogP contribution in [0.25, 0.3) is 21.6 Å². The molecule has 6 heteroatoms. The van der Waals surface area contributed by atoms with Gasteiger partial charge in [0.1, 0.15) is 10.6 Å². The summed E-state index contributed by atoms with van der Waals surface area (Å²) in [7, 11) is 0. The average molecular weight is 341 g/mol. The minimum absolute atomic E-state index is 0.0616. The van der Waals surface area contributed by atoms with E-state index in [1.54, 1.807) is 23.7 Å². The minimum Gasteiger partial charge on any atom is -0.368 e. The van der Waals surface area contributed by atoms with E-state index in [9.17, 15) is 0 Å². The molecule has 0 bridgehead atoms. The molecule has 3 rings (SSSR count). The van der Waals surface area contributed by atoms with E-state index in [2.05, 4.69) is 29.5 Å². The lowest BCUT2D eigenvalue weighted by Gasteiger charge is -2.13. The first-order valence-electron chi connectivity index (χ1n) is 8.22. The van der Waals surface area contributed by atoms with Gasteiger partial charge in [0, 0.05) is 30.5 Å². The Hall–Kier alpha value is -2.05. The topological polar surface area (TPSA) is 76.7 Å². The SMILES string of the molecule is CC(C)Cc1csc2nc(-c3ccncc3)nc(NC[C@H](C)N)c12. The molecule has 3 heterocycles. The van der Waals surface area contributed by atoms with Gasteiger partial charge < -0.3 is 11.1 Å². The fourth-order valence-corrected chi connectivity index (χ4v) is 3.56. The Morgan fingerprint density at radius 1 is 1.17 bits per heavy atom. The third-order valence-corrected chi connectivity index (χ3v) is 4.59. The monoisotopic (exact) mass is 341 g/mol.